The number of carbonyl (C=O) groups excluding carboxylic acids is 1. The lowest BCUT2D eigenvalue weighted by Gasteiger charge is -2.19. The number of amides is 1. The summed E-state index contributed by atoms with van der Waals surface area (Å²) in [5.41, 5.74) is 9.02. The number of aromatic nitrogens is 7. The Balaban J connectivity index is 1.20. The van der Waals surface area contributed by atoms with Gasteiger partial charge in [0.25, 0.3) is 0 Å². The number of fused-ring (bicyclic) bond motifs is 2. The third-order valence-electron chi connectivity index (χ3n) is 8.62. The molecular weight excluding hydrogens is 504 g/mol. The van der Waals surface area contributed by atoms with Gasteiger partial charge in [-0.15, -0.1) is 0 Å². The van der Waals surface area contributed by atoms with E-state index in [1.54, 1.807) is 6.20 Å². The first-order chi connectivity index (χ1) is 19.3. The summed E-state index contributed by atoms with van der Waals surface area (Å²) in [4.78, 5) is 30.3. The molecule has 5 aromatic rings. The maximum Gasteiger partial charge on any atom is 0.315 e. The molecule has 1 amide bonds. The Morgan fingerprint density at radius 1 is 1.18 bits per heavy atom. The van der Waals surface area contributed by atoms with Crippen LogP contribution >= 0.6 is 0 Å². The molecule has 1 atom stereocenters. The molecular formula is C30H32N8O2. The van der Waals surface area contributed by atoms with E-state index in [-0.39, 0.29) is 23.3 Å². The minimum atomic E-state index is -0.313. The van der Waals surface area contributed by atoms with Crippen molar-refractivity contribution in [2.75, 3.05) is 0 Å². The molecule has 2 aliphatic carbocycles. The van der Waals surface area contributed by atoms with E-state index in [9.17, 15) is 4.79 Å². The fourth-order valence-electron chi connectivity index (χ4n) is 5.88. The molecule has 0 saturated heterocycles. The van der Waals surface area contributed by atoms with Crippen molar-refractivity contribution in [2.45, 2.75) is 70.8 Å². The summed E-state index contributed by atoms with van der Waals surface area (Å²) >= 11 is 0. The first-order valence-electron chi connectivity index (χ1n) is 13.9. The monoisotopic (exact) mass is 536 g/mol. The second-order valence-electron chi connectivity index (χ2n) is 11.5. The number of rotatable bonds is 5. The highest BCUT2D eigenvalue weighted by Gasteiger charge is 2.44. The zero-order chi connectivity index (χ0) is 27.6. The molecule has 1 fully saturated rings. The Morgan fingerprint density at radius 3 is 2.80 bits per heavy atom. The molecule has 204 valence electrons. The zero-order valence-electron chi connectivity index (χ0n) is 23.2. The van der Waals surface area contributed by atoms with Crippen molar-refractivity contribution < 1.29 is 9.32 Å². The van der Waals surface area contributed by atoms with Crippen molar-refractivity contribution in [1.29, 1.82) is 0 Å². The van der Waals surface area contributed by atoms with Gasteiger partial charge < -0.3 is 14.8 Å². The van der Waals surface area contributed by atoms with E-state index in [1.165, 1.54) is 5.56 Å². The number of pyridine rings is 1. The lowest BCUT2D eigenvalue weighted by Crippen LogP contribution is -2.29. The molecule has 0 unspecified atom stereocenters. The van der Waals surface area contributed by atoms with Gasteiger partial charge in [0.1, 0.15) is 5.82 Å². The summed E-state index contributed by atoms with van der Waals surface area (Å²) < 4.78 is 7.20. The van der Waals surface area contributed by atoms with Crippen LogP contribution in [0.2, 0.25) is 0 Å². The van der Waals surface area contributed by atoms with Crippen LogP contribution in [0.3, 0.4) is 0 Å². The maximum atomic E-state index is 13.1. The van der Waals surface area contributed by atoms with Crippen LogP contribution in [0.5, 0.6) is 0 Å². The van der Waals surface area contributed by atoms with Crippen molar-refractivity contribution in [3.8, 4) is 22.5 Å². The summed E-state index contributed by atoms with van der Waals surface area (Å²) in [7, 11) is 1.94. The van der Waals surface area contributed by atoms with E-state index in [1.807, 2.05) is 31.6 Å². The van der Waals surface area contributed by atoms with Crippen molar-refractivity contribution in [1.82, 2.24) is 40.2 Å². The van der Waals surface area contributed by atoms with E-state index < -0.39 is 0 Å². The molecule has 10 nitrogen and oxygen atoms in total. The number of hydrogen-bond acceptors (Lipinski definition) is 7. The highest BCUT2D eigenvalue weighted by molar-refractivity contribution is 5.92. The van der Waals surface area contributed by atoms with Crippen LogP contribution in [0, 0.1) is 13.8 Å². The fourth-order valence-corrected chi connectivity index (χ4v) is 5.88. The molecule has 0 bridgehead atoms. The van der Waals surface area contributed by atoms with Crippen LogP contribution in [-0.2, 0) is 18.9 Å². The standard InChI is InChI=1S/C30H32N8O2/c1-16-23(17(2)38(4)36-16)25-33-24-21(11-14-31-26(24)34-25)19-9-10-20-18(15-19)7-5-6-8-22(20)32-27(39)28-35-29(37-40-28)30(3)12-13-30/h9-11,14-15,22H,5-8,12-13H2,1-4H3,(H,32,39)(H,31,33,34)/t22-/m1/s1. The number of hydrogen-bond donors (Lipinski definition) is 2. The molecule has 1 aromatic carbocycles. The molecule has 1 saturated carbocycles. The lowest BCUT2D eigenvalue weighted by atomic mass is 9.94. The number of nitrogens with zero attached hydrogens (tertiary/aromatic N) is 6. The predicted molar refractivity (Wildman–Crippen MR) is 150 cm³/mol. The zero-order valence-corrected chi connectivity index (χ0v) is 23.2. The van der Waals surface area contributed by atoms with Crippen molar-refractivity contribution in [2.24, 2.45) is 7.05 Å². The number of benzene rings is 1. The molecule has 4 heterocycles. The molecule has 2 aliphatic rings. The van der Waals surface area contributed by atoms with Crippen LogP contribution in [0.4, 0.5) is 0 Å². The number of nitrogens with one attached hydrogen (secondary N) is 2. The van der Waals surface area contributed by atoms with Gasteiger partial charge in [-0.05, 0) is 68.7 Å². The first kappa shape index (κ1) is 24.7. The Kier molecular flexibility index (Phi) is 5.62. The van der Waals surface area contributed by atoms with Crippen molar-refractivity contribution >= 4 is 17.1 Å². The topological polar surface area (TPSA) is 127 Å². The van der Waals surface area contributed by atoms with Crippen molar-refractivity contribution in [3.63, 3.8) is 0 Å². The summed E-state index contributed by atoms with van der Waals surface area (Å²) in [5, 5.41) is 11.8. The number of aryl methyl sites for hydroxylation is 3. The van der Waals surface area contributed by atoms with Crippen LogP contribution in [0.15, 0.2) is 35.0 Å². The second kappa shape index (κ2) is 9.11. The van der Waals surface area contributed by atoms with Gasteiger partial charge in [0.2, 0.25) is 0 Å². The van der Waals surface area contributed by atoms with Crippen LogP contribution in [0.25, 0.3) is 33.7 Å². The summed E-state index contributed by atoms with van der Waals surface area (Å²) in [6, 6.07) is 8.42. The molecule has 7 rings (SSSR count). The molecule has 0 spiro atoms. The molecule has 4 aromatic heterocycles. The Labute approximate surface area is 231 Å². The minimum absolute atomic E-state index is 0.0406. The van der Waals surface area contributed by atoms with Gasteiger partial charge in [-0.3, -0.25) is 9.48 Å². The van der Waals surface area contributed by atoms with Gasteiger partial charge in [-0.1, -0.05) is 36.7 Å². The number of H-pyrrole nitrogens is 1. The van der Waals surface area contributed by atoms with Gasteiger partial charge >= 0.3 is 11.8 Å². The van der Waals surface area contributed by atoms with Crippen molar-refractivity contribution in [3.05, 3.63) is 64.7 Å². The molecule has 10 heteroatoms. The third-order valence-corrected chi connectivity index (χ3v) is 8.62. The van der Waals surface area contributed by atoms with E-state index >= 15 is 0 Å². The molecule has 0 radical (unpaired) electrons. The normalized spacial score (nSPS) is 17.9. The maximum absolute atomic E-state index is 13.1. The van der Waals surface area contributed by atoms with Crippen LogP contribution in [-0.4, -0.2) is 40.8 Å². The molecule has 40 heavy (non-hydrogen) atoms. The highest BCUT2D eigenvalue weighted by Crippen LogP contribution is 2.46. The van der Waals surface area contributed by atoms with Crippen LogP contribution in [0.1, 0.15) is 84.1 Å². The number of imidazole rings is 1. The quantitative estimate of drug-likeness (QED) is 0.293. The minimum Gasteiger partial charge on any atom is -0.341 e. The predicted octanol–water partition coefficient (Wildman–Crippen LogP) is 5.27. The Bertz CT molecular complexity index is 1770. The Hall–Kier alpha value is -4.34. The van der Waals surface area contributed by atoms with Gasteiger partial charge in [-0.2, -0.15) is 10.1 Å². The SMILES string of the molecule is Cc1nn(C)c(C)c1-c1nc2nccc(-c3ccc4c(c3)CCCC[C@H]4NC(=O)c3nc(C4(C)CC4)no3)c2[nH]1. The summed E-state index contributed by atoms with van der Waals surface area (Å²) in [6.45, 7) is 6.14. The number of carbonyl (C=O) groups is 1. The first-order valence-corrected chi connectivity index (χ1v) is 13.9. The van der Waals surface area contributed by atoms with Crippen LogP contribution < -0.4 is 5.32 Å². The summed E-state index contributed by atoms with van der Waals surface area (Å²) in [5.74, 6) is 1.13. The average molecular weight is 537 g/mol. The number of aromatic amines is 1. The fraction of sp³-hybridized carbons (Fsp3) is 0.400. The third kappa shape index (κ3) is 4.09. The largest absolute Gasteiger partial charge is 0.341 e. The van der Waals surface area contributed by atoms with Gasteiger partial charge in [0, 0.05) is 29.9 Å². The average Bonchev–Trinajstić information content (AvgIpc) is 3.25. The van der Waals surface area contributed by atoms with Gasteiger partial charge in [0.05, 0.1) is 22.8 Å². The van der Waals surface area contributed by atoms with E-state index in [4.69, 9.17) is 9.51 Å². The van der Waals surface area contributed by atoms with Gasteiger partial charge in [0.15, 0.2) is 11.5 Å². The highest BCUT2D eigenvalue weighted by atomic mass is 16.5. The lowest BCUT2D eigenvalue weighted by molar-refractivity contribution is 0.0890. The van der Waals surface area contributed by atoms with E-state index in [0.29, 0.717) is 11.5 Å². The van der Waals surface area contributed by atoms with Gasteiger partial charge in [-0.25, -0.2) is 9.97 Å². The smallest absolute Gasteiger partial charge is 0.315 e. The summed E-state index contributed by atoms with van der Waals surface area (Å²) in [6.07, 6.45) is 7.76. The molecule has 2 N–H and O–H groups in total. The van der Waals surface area contributed by atoms with E-state index in [0.717, 1.165) is 83.5 Å². The molecule has 0 aliphatic heterocycles. The Morgan fingerprint density at radius 2 is 2.02 bits per heavy atom. The van der Waals surface area contributed by atoms with E-state index in [2.05, 4.69) is 55.6 Å². The second-order valence-corrected chi connectivity index (χ2v) is 11.5.